The molecule has 1 aromatic heterocycles. The van der Waals surface area contributed by atoms with E-state index in [0.29, 0.717) is 24.2 Å². The predicted octanol–water partition coefficient (Wildman–Crippen LogP) is 1.35. The molecule has 1 aromatic rings. The minimum atomic E-state index is -0.0514. The van der Waals surface area contributed by atoms with Crippen LogP contribution in [0.15, 0.2) is 4.52 Å². The summed E-state index contributed by atoms with van der Waals surface area (Å²) in [6.45, 7) is 2.19. The van der Waals surface area contributed by atoms with E-state index in [9.17, 15) is 4.79 Å². The molecule has 0 N–H and O–H groups in total. The number of hydrogen-bond acceptors (Lipinski definition) is 4. The summed E-state index contributed by atoms with van der Waals surface area (Å²) in [5.41, 5.74) is 0.850. The van der Waals surface area contributed by atoms with E-state index < -0.39 is 0 Å². The van der Waals surface area contributed by atoms with Gasteiger partial charge in [0, 0.05) is 17.8 Å². The molecule has 1 unspecified atom stereocenters. The number of rotatable bonds is 1. The summed E-state index contributed by atoms with van der Waals surface area (Å²) in [5, 5.41) is 12.6. The highest BCUT2D eigenvalue weighted by Crippen LogP contribution is 2.29. The van der Waals surface area contributed by atoms with Gasteiger partial charge in [0.1, 0.15) is 17.3 Å². The Balaban J connectivity index is 2.39. The van der Waals surface area contributed by atoms with E-state index in [0.717, 1.165) is 0 Å². The summed E-state index contributed by atoms with van der Waals surface area (Å²) in [4.78, 5) is 13.1. The van der Waals surface area contributed by atoms with Crippen LogP contribution in [0.3, 0.4) is 0 Å². The largest absolute Gasteiger partial charge is 0.336 e. The third kappa shape index (κ3) is 1.63. The summed E-state index contributed by atoms with van der Waals surface area (Å²) < 4.78 is 5.00. The Morgan fingerprint density at radius 3 is 3.00 bits per heavy atom. The summed E-state index contributed by atoms with van der Waals surface area (Å²) >= 11 is 3.36. The summed E-state index contributed by atoms with van der Waals surface area (Å²) in [5.74, 6) is 0.214. The molecule has 0 radical (unpaired) electrons. The van der Waals surface area contributed by atoms with Crippen LogP contribution in [0.4, 0.5) is 5.88 Å². The Labute approximate surface area is 94.8 Å². The van der Waals surface area contributed by atoms with Gasteiger partial charge in [-0.1, -0.05) is 21.1 Å². The highest BCUT2D eigenvalue weighted by Gasteiger charge is 2.33. The molecule has 5 nitrogen and oxygen atoms in total. The van der Waals surface area contributed by atoms with Crippen molar-refractivity contribution in [2.24, 2.45) is 0 Å². The molecular weight excluding hydrogens is 262 g/mol. The molecule has 6 heteroatoms. The molecule has 0 saturated carbocycles. The standard InChI is InChI=1S/C9H8BrN3O2/c1-5-7(3-11)9(15-12-5)13-4-6(10)2-8(13)14/h6H,2,4H2,1H3. The van der Waals surface area contributed by atoms with E-state index in [1.54, 1.807) is 6.92 Å². The van der Waals surface area contributed by atoms with Gasteiger partial charge in [-0.25, -0.2) is 0 Å². The normalized spacial score (nSPS) is 20.7. The number of amides is 1. The number of aromatic nitrogens is 1. The van der Waals surface area contributed by atoms with Gasteiger partial charge in [0.15, 0.2) is 0 Å². The van der Waals surface area contributed by atoms with Crippen LogP contribution in [0.1, 0.15) is 17.7 Å². The molecule has 1 amide bonds. The average molecular weight is 270 g/mol. The lowest BCUT2D eigenvalue weighted by molar-refractivity contribution is -0.117. The SMILES string of the molecule is Cc1noc(N2CC(Br)CC2=O)c1C#N. The van der Waals surface area contributed by atoms with Gasteiger partial charge in [0.25, 0.3) is 5.88 Å². The Morgan fingerprint density at radius 2 is 2.47 bits per heavy atom. The number of anilines is 1. The van der Waals surface area contributed by atoms with Gasteiger partial charge in [-0.2, -0.15) is 5.26 Å². The number of carbonyl (C=O) groups excluding carboxylic acids is 1. The van der Waals surface area contributed by atoms with E-state index in [4.69, 9.17) is 9.78 Å². The molecule has 0 spiro atoms. The van der Waals surface area contributed by atoms with E-state index in [2.05, 4.69) is 21.1 Å². The molecule has 78 valence electrons. The molecule has 1 fully saturated rings. The number of nitriles is 1. The highest BCUT2D eigenvalue weighted by atomic mass is 79.9. The van der Waals surface area contributed by atoms with Crippen molar-refractivity contribution in [1.82, 2.24) is 5.16 Å². The first-order valence-electron chi connectivity index (χ1n) is 4.44. The second-order valence-electron chi connectivity index (χ2n) is 3.37. The fourth-order valence-electron chi connectivity index (χ4n) is 1.53. The lowest BCUT2D eigenvalue weighted by atomic mass is 10.2. The van der Waals surface area contributed by atoms with Crippen LogP contribution < -0.4 is 4.90 Å². The second kappa shape index (κ2) is 3.66. The van der Waals surface area contributed by atoms with Gasteiger partial charge in [-0.15, -0.1) is 0 Å². The van der Waals surface area contributed by atoms with E-state index in [-0.39, 0.29) is 16.6 Å². The van der Waals surface area contributed by atoms with Crippen LogP contribution in [-0.2, 0) is 4.79 Å². The molecule has 1 atom stereocenters. The molecule has 0 aliphatic carbocycles. The lowest BCUT2D eigenvalue weighted by Gasteiger charge is -2.10. The molecule has 15 heavy (non-hydrogen) atoms. The monoisotopic (exact) mass is 269 g/mol. The van der Waals surface area contributed by atoms with Crippen LogP contribution in [0.2, 0.25) is 0 Å². The van der Waals surface area contributed by atoms with Gasteiger partial charge < -0.3 is 4.52 Å². The van der Waals surface area contributed by atoms with Gasteiger partial charge in [0.2, 0.25) is 5.91 Å². The highest BCUT2D eigenvalue weighted by molar-refractivity contribution is 9.09. The Hall–Kier alpha value is -1.35. The average Bonchev–Trinajstić information content (AvgIpc) is 2.69. The second-order valence-corrected chi connectivity index (χ2v) is 4.66. The first-order valence-corrected chi connectivity index (χ1v) is 5.36. The van der Waals surface area contributed by atoms with Gasteiger partial charge in [0.05, 0.1) is 0 Å². The molecular formula is C9H8BrN3O2. The van der Waals surface area contributed by atoms with E-state index in [1.807, 2.05) is 6.07 Å². The zero-order chi connectivity index (χ0) is 11.0. The number of alkyl halides is 1. The summed E-state index contributed by atoms with van der Waals surface area (Å²) in [6, 6.07) is 1.99. The van der Waals surface area contributed by atoms with Crippen LogP contribution in [0.25, 0.3) is 0 Å². The van der Waals surface area contributed by atoms with Gasteiger partial charge >= 0.3 is 0 Å². The van der Waals surface area contributed by atoms with Crippen LogP contribution in [0, 0.1) is 18.3 Å². The fraction of sp³-hybridized carbons (Fsp3) is 0.444. The van der Waals surface area contributed by atoms with Crippen LogP contribution in [0.5, 0.6) is 0 Å². The predicted molar refractivity (Wildman–Crippen MR) is 55.6 cm³/mol. The van der Waals surface area contributed by atoms with Gasteiger partial charge in [-0.05, 0) is 6.92 Å². The maximum atomic E-state index is 11.6. The Morgan fingerprint density at radius 1 is 1.73 bits per heavy atom. The third-order valence-electron chi connectivity index (χ3n) is 2.28. The quantitative estimate of drug-likeness (QED) is 0.722. The fourth-order valence-corrected chi connectivity index (χ4v) is 2.10. The molecule has 1 aliphatic rings. The van der Waals surface area contributed by atoms with Crippen molar-refractivity contribution >= 4 is 27.7 Å². The Bertz CT molecular complexity index is 449. The minimum Gasteiger partial charge on any atom is -0.336 e. The maximum Gasteiger partial charge on any atom is 0.252 e. The molecule has 1 aliphatic heterocycles. The third-order valence-corrected chi connectivity index (χ3v) is 2.89. The summed E-state index contributed by atoms with van der Waals surface area (Å²) in [6.07, 6.45) is 0.421. The van der Waals surface area contributed by atoms with Crippen molar-refractivity contribution in [2.75, 3.05) is 11.4 Å². The van der Waals surface area contributed by atoms with E-state index in [1.165, 1.54) is 4.90 Å². The Kier molecular flexibility index (Phi) is 2.49. The number of carbonyl (C=O) groups is 1. The topological polar surface area (TPSA) is 70.1 Å². The van der Waals surface area contributed by atoms with Crippen molar-refractivity contribution in [1.29, 1.82) is 5.26 Å². The number of aryl methyl sites for hydroxylation is 1. The maximum absolute atomic E-state index is 11.6. The van der Waals surface area contributed by atoms with Crippen molar-refractivity contribution in [3.05, 3.63) is 11.3 Å². The smallest absolute Gasteiger partial charge is 0.252 e. The number of nitrogens with zero attached hydrogens (tertiary/aromatic N) is 3. The van der Waals surface area contributed by atoms with Crippen molar-refractivity contribution in [3.63, 3.8) is 0 Å². The van der Waals surface area contributed by atoms with Gasteiger partial charge in [-0.3, -0.25) is 9.69 Å². The molecule has 2 rings (SSSR count). The van der Waals surface area contributed by atoms with Crippen molar-refractivity contribution in [2.45, 2.75) is 18.2 Å². The van der Waals surface area contributed by atoms with Crippen LogP contribution >= 0.6 is 15.9 Å². The minimum absolute atomic E-state index is 0.0514. The number of hydrogen-bond donors (Lipinski definition) is 0. The van der Waals surface area contributed by atoms with E-state index >= 15 is 0 Å². The molecule has 2 heterocycles. The van der Waals surface area contributed by atoms with Crippen molar-refractivity contribution in [3.8, 4) is 6.07 Å². The van der Waals surface area contributed by atoms with Crippen LogP contribution in [-0.4, -0.2) is 22.4 Å². The van der Waals surface area contributed by atoms with Crippen molar-refractivity contribution < 1.29 is 9.32 Å². The zero-order valence-electron chi connectivity index (χ0n) is 8.03. The zero-order valence-corrected chi connectivity index (χ0v) is 9.61. The first kappa shape index (κ1) is 10.2. The summed E-state index contributed by atoms with van der Waals surface area (Å²) in [7, 11) is 0. The number of halogens is 1. The molecule has 0 aromatic carbocycles. The molecule has 0 bridgehead atoms. The molecule has 1 saturated heterocycles. The first-order chi connectivity index (χ1) is 7.13. The lowest BCUT2D eigenvalue weighted by Crippen LogP contribution is -2.24.